The van der Waals surface area contributed by atoms with Crippen molar-refractivity contribution in [2.45, 2.75) is 0 Å². The Bertz CT molecular complexity index is 187. The van der Waals surface area contributed by atoms with Crippen molar-refractivity contribution in [3.63, 3.8) is 0 Å². The summed E-state index contributed by atoms with van der Waals surface area (Å²) in [6.07, 6.45) is -0.989. The van der Waals surface area contributed by atoms with Gasteiger partial charge in [-0.25, -0.2) is 0 Å². The number of amidine groups is 1. The lowest BCUT2D eigenvalue weighted by Crippen LogP contribution is -2.19. The van der Waals surface area contributed by atoms with Gasteiger partial charge in [0.1, 0.15) is 0 Å². The molecule has 5 heteroatoms. The Morgan fingerprint density at radius 1 is 1.56 bits per heavy atom. The van der Waals surface area contributed by atoms with E-state index in [1.807, 2.05) is 5.32 Å². The van der Waals surface area contributed by atoms with Crippen molar-refractivity contribution in [1.82, 2.24) is 5.32 Å². The summed E-state index contributed by atoms with van der Waals surface area (Å²) in [5, 5.41) is 1.77. The molecule has 0 aliphatic carbocycles. The van der Waals surface area contributed by atoms with E-state index in [9.17, 15) is 8.78 Å². The van der Waals surface area contributed by atoms with Gasteiger partial charge in [-0.3, -0.25) is 0 Å². The van der Waals surface area contributed by atoms with Crippen molar-refractivity contribution >= 4 is 17.7 Å². The van der Waals surface area contributed by atoms with Crippen LogP contribution in [-0.2, 0) is 0 Å². The van der Waals surface area contributed by atoms with Gasteiger partial charge >= 0.3 is 0 Å². The van der Waals surface area contributed by atoms with Crippen LogP contribution < -0.4 is 5.32 Å². The lowest BCUT2D eigenvalue weighted by atomic mass is 10.5. The number of hydrogen-bond acceptors (Lipinski definition) is 2. The summed E-state index contributed by atoms with van der Waals surface area (Å²) in [7, 11) is 0. The molecule has 9 heavy (non-hydrogen) atoms. The normalized spacial score (nSPS) is 19.2. The highest BCUT2D eigenvalue weighted by Crippen LogP contribution is 2.17. The van der Waals surface area contributed by atoms with Crippen LogP contribution >= 0.6 is 11.6 Å². The Hall–Kier alpha value is -0.640. The predicted molar refractivity (Wildman–Crippen MR) is 30.0 cm³/mol. The van der Waals surface area contributed by atoms with Crippen LogP contribution in [0.4, 0.5) is 8.78 Å². The van der Waals surface area contributed by atoms with E-state index in [0.717, 1.165) is 6.54 Å². The van der Waals surface area contributed by atoms with Gasteiger partial charge in [0.05, 0.1) is 11.6 Å². The minimum absolute atomic E-state index is 0.226. The van der Waals surface area contributed by atoms with Crippen molar-refractivity contribution in [2.24, 2.45) is 4.99 Å². The standard InChI is InChI=1S/C4H2ClF2N2/c5-2-1-8-4(7)9-3(2)6/h1H,(H,8,9). The van der Waals surface area contributed by atoms with Crippen LogP contribution in [0.15, 0.2) is 16.0 Å². The van der Waals surface area contributed by atoms with Gasteiger partial charge in [-0.2, -0.15) is 13.8 Å². The van der Waals surface area contributed by atoms with E-state index in [1.165, 1.54) is 0 Å². The molecule has 1 aliphatic heterocycles. The monoisotopic (exact) mass is 151 g/mol. The lowest BCUT2D eigenvalue weighted by molar-refractivity contribution is 0.599. The molecule has 0 unspecified atom stereocenters. The Labute approximate surface area is 55.2 Å². The molecule has 0 saturated carbocycles. The van der Waals surface area contributed by atoms with Crippen LogP contribution in [0, 0.1) is 6.54 Å². The molecule has 0 atom stereocenters. The third-order valence-electron chi connectivity index (χ3n) is 0.711. The summed E-state index contributed by atoms with van der Waals surface area (Å²) < 4.78 is 24.0. The smallest absolute Gasteiger partial charge is 0.285 e. The number of nitrogens with one attached hydrogen (secondary N) is 1. The van der Waals surface area contributed by atoms with Gasteiger partial charge in [-0.1, -0.05) is 11.6 Å². The second-order valence-electron chi connectivity index (χ2n) is 1.33. The van der Waals surface area contributed by atoms with Crippen LogP contribution in [0.5, 0.6) is 0 Å². The molecular weight excluding hydrogens is 150 g/mol. The van der Waals surface area contributed by atoms with E-state index in [1.54, 1.807) is 0 Å². The highest BCUT2D eigenvalue weighted by atomic mass is 35.5. The molecule has 0 saturated heterocycles. The van der Waals surface area contributed by atoms with Crippen LogP contribution in [0.2, 0.25) is 0 Å². The first kappa shape index (κ1) is 6.48. The Balaban J connectivity index is 2.83. The molecule has 0 bridgehead atoms. The first-order valence-electron chi connectivity index (χ1n) is 2.09. The van der Waals surface area contributed by atoms with Crippen molar-refractivity contribution in [3.8, 4) is 0 Å². The molecule has 0 aromatic carbocycles. The second kappa shape index (κ2) is 2.31. The van der Waals surface area contributed by atoms with E-state index >= 15 is 0 Å². The molecule has 0 aromatic rings. The molecule has 1 aliphatic rings. The fourth-order valence-electron chi connectivity index (χ4n) is 0.354. The van der Waals surface area contributed by atoms with E-state index < -0.39 is 12.0 Å². The van der Waals surface area contributed by atoms with E-state index in [0.29, 0.717) is 0 Å². The molecule has 1 N–H and O–H groups in total. The molecule has 0 amide bonds. The van der Waals surface area contributed by atoms with Gasteiger partial charge in [0.2, 0.25) is 5.95 Å². The number of nitrogens with zero attached hydrogens (tertiary/aromatic N) is 1. The van der Waals surface area contributed by atoms with Gasteiger partial charge in [0.25, 0.3) is 6.09 Å². The van der Waals surface area contributed by atoms with Gasteiger partial charge < -0.3 is 5.32 Å². The summed E-state index contributed by atoms with van der Waals surface area (Å²) in [6.45, 7) is 0.985. The molecule has 1 rings (SSSR count). The molecular formula is C4H2ClF2N2. The second-order valence-corrected chi connectivity index (χ2v) is 1.74. The highest BCUT2D eigenvalue weighted by molar-refractivity contribution is 6.31. The predicted octanol–water partition coefficient (Wildman–Crippen LogP) is 1.45. The van der Waals surface area contributed by atoms with E-state index in [4.69, 9.17) is 11.6 Å². The molecule has 0 spiro atoms. The highest BCUT2D eigenvalue weighted by Gasteiger charge is 2.11. The van der Waals surface area contributed by atoms with Crippen LogP contribution in [0.25, 0.3) is 0 Å². The molecule has 1 radical (unpaired) electrons. The zero-order valence-corrected chi connectivity index (χ0v) is 4.91. The van der Waals surface area contributed by atoms with Crippen LogP contribution in [-0.4, -0.2) is 6.09 Å². The molecule has 0 fully saturated rings. The third-order valence-corrected chi connectivity index (χ3v) is 0.976. The zero-order valence-electron chi connectivity index (χ0n) is 4.16. The summed E-state index contributed by atoms with van der Waals surface area (Å²) in [6, 6.07) is 0. The molecule has 49 valence electrons. The summed E-state index contributed by atoms with van der Waals surface area (Å²) in [5.74, 6) is -1.01. The Morgan fingerprint density at radius 3 is 2.67 bits per heavy atom. The van der Waals surface area contributed by atoms with E-state index in [2.05, 4.69) is 4.99 Å². The van der Waals surface area contributed by atoms with Crippen molar-refractivity contribution in [3.05, 3.63) is 17.5 Å². The summed E-state index contributed by atoms with van der Waals surface area (Å²) in [4.78, 5) is 2.75. The van der Waals surface area contributed by atoms with Gasteiger partial charge in [-0.15, -0.1) is 0 Å². The molecule has 1 heterocycles. The van der Waals surface area contributed by atoms with Gasteiger partial charge in [0.15, 0.2) is 0 Å². The minimum atomic E-state index is -1.01. The van der Waals surface area contributed by atoms with Gasteiger partial charge in [-0.05, 0) is 0 Å². The Kier molecular flexibility index (Phi) is 1.66. The average molecular weight is 152 g/mol. The largest absolute Gasteiger partial charge is 0.336 e. The number of hydrogen-bond donors (Lipinski definition) is 1. The number of aliphatic imine (C=N–C) groups is 1. The third kappa shape index (κ3) is 1.38. The van der Waals surface area contributed by atoms with Crippen molar-refractivity contribution < 1.29 is 8.78 Å². The summed E-state index contributed by atoms with van der Waals surface area (Å²) >= 11 is 5.15. The number of rotatable bonds is 0. The molecule has 2 nitrogen and oxygen atoms in total. The van der Waals surface area contributed by atoms with Crippen LogP contribution in [0.3, 0.4) is 0 Å². The van der Waals surface area contributed by atoms with Crippen molar-refractivity contribution in [2.75, 3.05) is 0 Å². The lowest BCUT2D eigenvalue weighted by Gasteiger charge is -2.05. The SMILES string of the molecule is FC1=NC(F)=C(Cl)[CH]N1. The van der Waals surface area contributed by atoms with Crippen LogP contribution in [0.1, 0.15) is 0 Å². The average Bonchev–Trinajstić information content (AvgIpc) is 1.80. The first-order valence-corrected chi connectivity index (χ1v) is 2.47. The van der Waals surface area contributed by atoms with Crippen molar-refractivity contribution in [1.29, 1.82) is 0 Å². The number of halogens is 3. The zero-order chi connectivity index (χ0) is 6.85. The fraction of sp³-hybridized carbons (Fsp3) is 0. The first-order chi connectivity index (χ1) is 4.20. The minimum Gasteiger partial charge on any atom is -0.336 e. The quantitative estimate of drug-likeness (QED) is 0.521. The topological polar surface area (TPSA) is 24.4 Å². The van der Waals surface area contributed by atoms with Gasteiger partial charge in [0, 0.05) is 0 Å². The van der Waals surface area contributed by atoms with E-state index in [-0.39, 0.29) is 5.03 Å². The maximum absolute atomic E-state index is 12.1. The Morgan fingerprint density at radius 2 is 2.22 bits per heavy atom. The summed E-state index contributed by atoms with van der Waals surface area (Å²) in [5.41, 5.74) is 0. The fourth-order valence-corrected chi connectivity index (χ4v) is 0.451. The maximum Gasteiger partial charge on any atom is 0.285 e. The maximum atomic E-state index is 12.1. The molecule has 0 aromatic heterocycles.